The number of nitrogens with one attached hydrogen (secondary N) is 1. The zero-order valence-electron chi connectivity index (χ0n) is 28.9. The standard InChI is InChI=1S/C41H53NO5/c1-24(2)37(42-39(45)46-23-33-30-12-8-6-10-28(30)29-11-7-9-13-31(29)33)38(44)47-27-18-20-40(4)26(22-27)14-15-32-35-17-16-34(25(3)43)41(35,5)21-19-36(32)40/h6-13,24,26-27,32-37H,14-23H2,1-5H3,(H,42,45)/t26-,27+,32?,34-,35?,36?,37+,40+,41-/m1/s1. The van der Waals surface area contributed by atoms with E-state index in [1.807, 2.05) is 45.0 Å². The molecule has 0 bridgehead atoms. The van der Waals surface area contributed by atoms with Crippen LogP contribution in [0.5, 0.6) is 0 Å². The summed E-state index contributed by atoms with van der Waals surface area (Å²) >= 11 is 0. The average Bonchev–Trinajstić information content (AvgIpc) is 3.57. The molecular weight excluding hydrogens is 586 g/mol. The number of esters is 1. The number of hydrogen-bond acceptors (Lipinski definition) is 5. The van der Waals surface area contributed by atoms with Crippen LogP contribution in [0, 0.1) is 46.3 Å². The molecule has 0 radical (unpaired) electrons. The van der Waals surface area contributed by atoms with E-state index in [0.29, 0.717) is 29.5 Å². The molecule has 2 aromatic carbocycles. The van der Waals surface area contributed by atoms with E-state index in [9.17, 15) is 14.4 Å². The molecule has 0 spiro atoms. The fourth-order valence-corrected chi connectivity index (χ4v) is 11.5. The number of alkyl carbamates (subject to hydrolysis) is 1. The van der Waals surface area contributed by atoms with Gasteiger partial charge in [0.05, 0.1) is 0 Å². The molecule has 6 heteroatoms. The minimum atomic E-state index is -0.762. The molecule has 1 amide bonds. The average molecular weight is 640 g/mol. The lowest BCUT2D eigenvalue weighted by Crippen LogP contribution is -2.55. The number of amides is 1. The highest BCUT2D eigenvalue weighted by Gasteiger charge is 2.61. The lowest BCUT2D eigenvalue weighted by atomic mass is 9.44. The predicted octanol–water partition coefficient (Wildman–Crippen LogP) is 8.71. The van der Waals surface area contributed by atoms with Gasteiger partial charge in [0.2, 0.25) is 0 Å². The van der Waals surface area contributed by atoms with Crippen LogP contribution in [-0.4, -0.2) is 36.6 Å². The molecule has 6 nitrogen and oxygen atoms in total. The van der Waals surface area contributed by atoms with E-state index in [1.54, 1.807) is 0 Å². The SMILES string of the molecule is CC(=O)[C@H]1CCC2C3CC[C@@H]4C[C@@H](OC(=O)[C@@H](NC(=O)OCC5c6ccccc6-c6ccccc65)C(C)C)CC[C@]4(C)C3CC[C@@]21C. The van der Waals surface area contributed by atoms with Crippen molar-refractivity contribution in [2.45, 2.75) is 110 Å². The fourth-order valence-electron chi connectivity index (χ4n) is 11.5. The van der Waals surface area contributed by atoms with E-state index < -0.39 is 12.1 Å². The monoisotopic (exact) mass is 639 g/mol. The van der Waals surface area contributed by atoms with E-state index in [0.717, 1.165) is 36.8 Å². The van der Waals surface area contributed by atoms with Crippen molar-refractivity contribution in [3.05, 3.63) is 59.7 Å². The molecule has 0 saturated heterocycles. The summed E-state index contributed by atoms with van der Waals surface area (Å²) in [5.74, 6) is 2.72. The maximum absolute atomic E-state index is 13.6. The molecule has 9 atom stereocenters. The van der Waals surface area contributed by atoms with Crippen LogP contribution in [0.25, 0.3) is 11.1 Å². The van der Waals surface area contributed by atoms with Gasteiger partial charge in [0.1, 0.15) is 24.5 Å². The predicted molar refractivity (Wildman–Crippen MR) is 183 cm³/mol. The van der Waals surface area contributed by atoms with Crippen LogP contribution < -0.4 is 5.32 Å². The number of rotatable bonds is 7. The number of fused-ring (bicyclic) bond motifs is 8. The van der Waals surface area contributed by atoms with Crippen molar-refractivity contribution >= 4 is 17.8 Å². The Morgan fingerprint density at radius 3 is 2.13 bits per heavy atom. The zero-order chi connectivity index (χ0) is 33.1. The molecule has 0 aliphatic heterocycles. The minimum Gasteiger partial charge on any atom is -0.461 e. The number of ketones is 1. The second-order valence-corrected chi connectivity index (χ2v) is 16.5. The third-order valence-corrected chi connectivity index (χ3v) is 13.9. The summed E-state index contributed by atoms with van der Waals surface area (Å²) < 4.78 is 12.0. The molecular formula is C41H53NO5. The van der Waals surface area contributed by atoms with E-state index in [-0.39, 0.29) is 47.3 Å². The normalized spacial score (nSPS) is 34.7. The Hall–Kier alpha value is -3.15. The minimum absolute atomic E-state index is 0.0358. The van der Waals surface area contributed by atoms with E-state index in [1.165, 1.54) is 43.2 Å². The van der Waals surface area contributed by atoms with Crippen LogP contribution in [-0.2, 0) is 19.1 Å². The van der Waals surface area contributed by atoms with E-state index >= 15 is 0 Å². The lowest BCUT2D eigenvalue weighted by molar-refractivity contribution is -0.166. The fraction of sp³-hybridized carbons (Fsp3) is 0.634. The quantitative estimate of drug-likeness (QED) is 0.307. The topological polar surface area (TPSA) is 81.7 Å². The Morgan fingerprint density at radius 2 is 1.47 bits per heavy atom. The van der Waals surface area contributed by atoms with Crippen molar-refractivity contribution in [1.29, 1.82) is 0 Å². The van der Waals surface area contributed by atoms with Gasteiger partial charge in [-0.2, -0.15) is 0 Å². The zero-order valence-corrected chi connectivity index (χ0v) is 28.9. The summed E-state index contributed by atoms with van der Waals surface area (Å²) in [7, 11) is 0. The van der Waals surface area contributed by atoms with Crippen LogP contribution in [0.1, 0.15) is 109 Å². The van der Waals surface area contributed by atoms with Crippen molar-refractivity contribution in [2.24, 2.45) is 46.3 Å². The van der Waals surface area contributed by atoms with Crippen molar-refractivity contribution in [1.82, 2.24) is 5.32 Å². The van der Waals surface area contributed by atoms with E-state index in [2.05, 4.69) is 43.4 Å². The number of carbonyl (C=O) groups is 3. The van der Waals surface area contributed by atoms with Gasteiger partial charge in [-0.25, -0.2) is 9.59 Å². The van der Waals surface area contributed by atoms with Crippen molar-refractivity contribution in [3.63, 3.8) is 0 Å². The molecule has 3 unspecified atom stereocenters. The Bertz CT molecular complexity index is 1490. The maximum atomic E-state index is 13.6. The molecule has 47 heavy (non-hydrogen) atoms. The van der Waals surface area contributed by atoms with Gasteiger partial charge in [0.15, 0.2) is 0 Å². The molecule has 2 aromatic rings. The summed E-state index contributed by atoms with van der Waals surface area (Å²) in [4.78, 5) is 39.2. The third-order valence-electron chi connectivity index (χ3n) is 13.9. The number of hydrogen-bond donors (Lipinski definition) is 1. The first kappa shape index (κ1) is 32.4. The maximum Gasteiger partial charge on any atom is 0.407 e. The first-order valence-corrected chi connectivity index (χ1v) is 18.3. The molecule has 7 rings (SSSR count). The van der Waals surface area contributed by atoms with Crippen molar-refractivity contribution in [2.75, 3.05) is 6.61 Å². The van der Waals surface area contributed by atoms with Gasteiger partial charge in [-0.15, -0.1) is 0 Å². The molecule has 1 N–H and O–H groups in total. The molecule has 0 heterocycles. The second kappa shape index (κ2) is 12.4. The molecule has 0 aromatic heterocycles. The summed E-state index contributed by atoms with van der Waals surface area (Å²) in [5, 5.41) is 2.86. The van der Waals surface area contributed by atoms with Gasteiger partial charge >= 0.3 is 12.1 Å². The lowest BCUT2D eigenvalue weighted by Gasteiger charge is -2.61. The summed E-state index contributed by atoms with van der Waals surface area (Å²) in [6, 6.07) is 15.8. The number of carbonyl (C=O) groups excluding carboxylic acids is 3. The highest BCUT2D eigenvalue weighted by Crippen LogP contribution is 2.67. The summed E-state index contributed by atoms with van der Waals surface area (Å²) in [6.07, 6.45) is 9.21. The smallest absolute Gasteiger partial charge is 0.407 e. The Kier molecular flexibility index (Phi) is 8.54. The summed E-state index contributed by atoms with van der Waals surface area (Å²) in [6.45, 7) is 10.8. The highest BCUT2D eigenvalue weighted by molar-refractivity contribution is 5.82. The molecule has 5 aliphatic rings. The van der Waals surface area contributed by atoms with Crippen LogP contribution in [0.4, 0.5) is 4.79 Å². The molecule has 5 aliphatic carbocycles. The largest absolute Gasteiger partial charge is 0.461 e. The first-order valence-electron chi connectivity index (χ1n) is 18.3. The second-order valence-electron chi connectivity index (χ2n) is 16.5. The van der Waals surface area contributed by atoms with Gasteiger partial charge in [0.25, 0.3) is 0 Å². The van der Waals surface area contributed by atoms with Gasteiger partial charge in [-0.05, 0) is 127 Å². The number of ether oxygens (including phenoxy) is 2. The first-order chi connectivity index (χ1) is 22.5. The van der Waals surface area contributed by atoms with Crippen LogP contribution >= 0.6 is 0 Å². The van der Waals surface area contributed by atoms with Gasteiger partial charge < -0.3 is 14.8 Å². The van der Waals surface area contributed by atoms with Crippen LogP contribution in [0.15, 0.2) is 48.5 Å². The number of Topliss-reactive ketones (excluding diaryl/α,β-unsaturated/α-hetero) is 1. The molecule has 252 valence electrons. The van der Waals surface area contributed by atoms with Gasteiger partial charge in [0, 0.05) is 11.8 Å². The van der Waals surface area contributed by atoms with Crippen LogP contribution in [0.2, 0.25) is 0 Å². The Morgan fingerprint density at radius 1 is 0.830 bits per heavy atom. The third kappa shape index (κ3) is 5.52. The van der Waals surface area contributed by atoms with Crippen LogP contribution in [0.3, 0.4) is 0 Å². The number of benzene rings is 2. The Balaban J connectivity index is 0.953. The summed E-state index contributed by atoms with van der Waals surface area (Å²) in [5.41, 5.74) is 5.11. The Labute approximate surface area is 280 Å². The highest BCUT2D eigenvalue weighted by atomic mass is 16.6. The van der Waals surface area contributed by atoms with E-state index in [4.69, 9.17) is 9.47 Å². The van der Waals surface area contributed by atoms with Gasteiger partial charge in [-0.3, -0.25) is 4.79 Å². The van der Waals surface area contributed by atoms with Gasteiger partial charge in [-0.1, -0.05) is 76.2 Å². The van der Waals surface area contributed by atoms with Crippen molar-refractivity contribution in [3.8, 4) is 11.1 Å². The molecule has 4 saturated carbocycles. The van der Waals surface area contributed by atoms with Crippen molar-refractivity contribution < 1.29 is 23.9 Å². The molecule has 4 fully saturated rings.